The van der Waals surface area contributed by atoms with Crippen molar-refractivity contribution in [1.29, 1.82) is 0 Å². The molecular weight excluding hydrogens is 437 g/mol. The monoisotopic (exact) mass is 465 g/mol. The number of amides is 2. The highest BCUT2D eigenvalue weighted by molar-refractivity contribution is 7.89. The lowest BCUT2D eigenvalue weighted by atomic mass is 9.97. The fraction of sp³-hybridized carbons (Fsp3) is 0.409. The van der Waals surface area contributed by atoms with Gasteiger partial charge in [0, 0.05) is 12.2 Å². The van der Waals surface area contributed by atoms with E-state index < -0.39 is 34.0 Å². The minimum Gasteiger partial charge on any atom is -0.394 e. The Balaban J connectivity index is 1.46. The quantitative estimate of drug-likeness (QED) is 0.478. The number of ether oxygens (including phenoxy) is 1. The zero-order valence-electron chi connectivity index (χ0n) is 17.8. The molecule has 32 heavy (non-hydrogen) atoms. The number of sulfonamides is 1. The molecule has 3 rings (SSSR count). The molecule has 3 atom stereocenters. The molecule has 0 radical (unpaired) electrons. The first-order valence-corrected chi connectivity index (χ1v) is 11.9. The van der Waals surface area contributed by atoms with Crippen LogP contribution in [0.4, 0.5) is 14.9 Å². The third-order valence-electron chi connectivity index (χ3n) is 5.28. The van der Waals surface area contributed by atoms with Gasteiger partial charge in [-0.3, -0.25) is 0 Å². The summed E-state index contributed by atoms with van der Waals surface area (Å²) in [5.74, 6) is -0.460. The third kappa shape index (κ3) is 6.73. The van der Waals surface area contributed by atoms with Crippen molar-refractivity contribution < 1.29 is 27.4 Å². The van der Waals surface area contributed by atoms with Crippen molar-refractivity contribution in [1.82, 2.24) is 10.0 Å². The largest absolute Gasteiger partial charge is 0.394 e. The molecule has 8 nitrogen and oxygen atoms in total. The number of hydrogen-bond donors (Lipinski definition) is 4. The first-order chi connectivity index (χ1) is 15.3. The molecule has 0 bridgehead atoms. The van der Waals surface area contributed by atoms with Crippen LogP contribution < -0.4 is 15.4 Å². The molecule has 0 spiro atoms. The van der Waals surface area contributed by atoms with Gasteiger partial charge < -0.3 is 20.5 Å². The molecule has 1 saturated heterocycles. The smallest absolute Gasteiger partial charge is 0.319 e. The topological polar surface area (TPSA) is 117 Å². The summed E-state index contributed by atoms with van der Waals surface area (Å²) in [7, 11) is -3.60. The van der Waals surface area contributed by atoms with Crippen molar-refractivity contribution >= 4 is 21.7 Å². The molecule has 0 saturated carbocycles. The van der Waals surface area contributed by atoms with Crippen LogP contribution in [0.1, 0.15) is 24.8 Å². The van der Waals surface area contributed by atoms with Crippen molar-refractivity contribution in [2.45, 2.75) is 49.3 Å². The Bertz CT molecular complexity index is 1020. The van der Waals surface area contributed by atoms with Gasteiger partial charge in [0.2, 0.25) is 10.0 Å². The number of aryl methyl sites for hydroxylation is 1. The summed E-state index contributed by atoms with van der Waals surface area (Å²) < 4.78 is 46.5. The van der Waals surface area contributed by atoms with Crippen LogP contribution in [-0.2, 0) is 14.8 Å². The van der Waals surface area contributed by atoms with Crippen LogP contribution in [-0.4, -0.2) is 51.0 Å². The minimum atomic E-state index is -3.60. The summed E-state index contributed by atoms with van der Waals surface area (Å²) in [5, 5.41) is 15.0. The van der Waals surface area contributed by atoms with E-state index in [9.17, 15) is 22.7 Å². The van der Waals surface area contributed by atoms with E-state index in [0.717, 1.165) is 5.56 Å². The summed E-state index contributed by atoms with van der Waals surface area (Å²) in [4.78, 5) is 12.4. The molecule has 4 N–H and O–H groups in total. The van der Waals surface area contributed by atoms with Gasteiger partial charge in [-0.2, -0.15) is 0 Å². The normalized spacial score (nSPS) is 21.2. The number of carbonyl (C=O) groups is 1. The van der Waals surface area contributed by atoms with Gasteiger partial charge in [-0.1, -0.05) is 23.8 Å². The highest BCUT2D eigenvalue weighted by Crippen LogP contribution is 2.22. The average molecular weight is 466 g/mol. The van der Waals surface area contributed by atoms with Crippen molar-refractivity contribution in [2.24, 2.45) is 0 Å². The van der Waals surface area contributed by atoms with Crippen LogP contribution in [0.5, 0.6) is 0 Å². The van der Waals surface area contributed by atoms with Gasteiger partial charge in [0.05, 0.1) is 23.6 Å². The zero-order valence-corrected chi connectivity index (χ0v) is 18.6. The van der Waals surface area contributed by atoms with E-state index in [-0.39, 0.29) is 24.2 Å². The van der Waals surface area contributed by atoms with Crippen LogP contribution >= 0.6 is 0 Å². The summed E-state index contributed by atoms with van der Waals surface area (Å²) in [6.07, 6.45) is 0.701. The highest BCUT2D eigenvalue weighted by atomic mass is 32.2. The molecule has 1 heterocycles. The maximum atomic E-state index is 13.3. The highest BCUT2D eigenvalue weighted by Gasteiger charge is 2.32. The second-order valence-corrected chi connectivity index (χ2v) is 9.54. The van der Waals surface area contributed by atoms with Crippen LogP contribution in [0.3, 0.4) is 0 Å². The van der Waals surface area contributed by atoms with Gasteiger partial charge in [0.15, 0.2) is 0 Å². The lowest BCUT2D eigenvalue weighted by molar-refractivity contribution is -0.0884. The molecule has 1 aliphatic heterocycles. The van der Waals surface area contributed by atoms with Crippen molar-refractivity contribution in [2.75, 3.05) is 18.5 Å². The Morgan fingerprint density at radius 2 is 1.94 bits per heavy atom. The van der Waals surface area contributed by atoms with E-state index in [1.165, 1.54) is 18.2 Å². The fourth-order valence-electron chi connectivity index (χ4n) is 3.57. The standard InChI is InChI=1S/C22H28FN3O5S/c1-15-5-8-19(9-6-15)32(29,30)24-12-11-18-7-10-20(21(14-27)31-18)26-22(28)25-17-4-2-3-16(23)13-17/h2-6,8-9,13,18,20-21,24,27H,7,10-12,14H2,1H3,(H2,25,26,28)/t18-,20-,21+/m1/s1. The number of benzene rings is 2. The van der Waals surface area contributed by atoms with E-state index >= 15 is 0 Å². The molecule has 10 heteroatoms. The second-order valence-electron chi connectivity index (χ2n) is 7.77. The summed E-state index contributed by atoms with van der Waals surface area (Å²) in [6, 6.07) is 11.2. The average Bonchev–Trinajstić information content (AvgIpc) is 2.75. The van der Waals surface area contributed by atoms with Gasteiger partial charge in [0.1, 0.15) is 11.9 Å². The van der Waals surface area contributed by atoms with E-state index in [1.807, 2.05) is 6.92 Å². The Labute approximate surface area is 187 Å². The van der Waals surface area contributed by atoms with Crippen molar-refractivity contribution in [3.8, 4) is 0 Å². The predicted molar refractivity (Wildman–Crippen MR) is 118 cm³/mol. The van der Waals surface area contributed by atoms with Crippen molar-refractivity contribution in [3.63, 3.8) is 0 Å². The molecule has 2 amide bonds. The molecule has 2 aromatic rings. The van der Waals surface area contributed by atoms with E-state index in [0.29, 0.717) is 24.9 Å². The molecule has 174 valence electrons. The summed E-state index contributed by atoms with van der Waals surface area (Å²) >= 11 is 0. The molecule has 1 aliphatic rings. The first-order valence-electron chi connectivity index (χ1n) is 10.4. The Morgan fingerprint density at radius 3 is 2.62 bits per heavy atom. The zero-order chi connectivity index (χ0) is 23.1. The number of anilines is 1. The second kappa shape index (κ2) is 10.9. The molecular formula is C22H28FN3O5S. The number of aliphatic hydroxyl groups is 1. The van der Waals surface area contributed by atoms with Crippen molar-refractivity contribution in [3.05, 3.63) is 59.9 Å². The molecule has 0 unspecified atom stereocenters. The lowest BCUT2D eigenvalue weighted by Gasteiger charge is -2.36. The number of nitrogens with one attached hydrogen (secondary N) is 3. The number of halogens is 1. The van der Waals surface area contributed by atoms with Crippen LogP contribution in [0.15, 0.2) is 53.4 Å². The number of aliphatic hydroxyl groups excluding tert-OH is 1. The van der Waals surface area contributed by atoms with Gasteiger partial charge in [-0.25, -0.2) is 22.3 Å². The van der Waals surface area contributed by atoms with Gasteiger partial charge >= 0.3 is 6.03 Å². The van der Waals surface area contributed by atoms with Crippen LogP contribution in [0.25, 0.3) is 0 Å². The number of rotatable bonds is 8. The van der Waals surface area contributed by atoms with Crippen LogP contribution in [0.2, 0.25) is 0 Å². The molecule has 0 aromatic heterocycles. The van der Waals surface area contributed by atoms with E-state index in [2.05, 4.69) is 15.4 Å². The number of urea groups is 1. The molecule has 0 aliphatic carbocycles. The maximum Gasteiger partial charge on any atom is 0.319 e. The van der Waals surface area contributed by atoms with E-state index in [4.69, 9.17) is 4.74 Å². The van der Waals surface area contributed by atoms with Crippen LogP contribution in [0, 0.1) is 12.7 Å². The minimum absolute atomic E-state index is 0.192. The molecule has 2 aromatic carbocycles. The van der Waals surface area contributed by atoms with Gasteiger partial charge in [-0.05, 0) is 56.5 Å². The first kappa shape index (κ1) is 24.1. The predicted octanol–water partition coefficient (Wildman–Crippen LogP) is 2.53. The lowest BCUT2D eigenvalue weighted by Crippen LogP contribution is -2.52. The Hall–Kier alpha value is -2.53. The Kier molecular flexibility index (Phi) is 8.19. The van der Waals surface area contributed by atoms with E-state index in [1.54, 1.807) is 30.3 Å². The fourth-order valence-corrected chi connectivity index (χ4v) is 4.61. The van der Waals surface area contributed by atoms with Gasteiger partial charge in [0.25, 0.3) is 0 Å². The maximum absolute atomic E-state index is 13.3. The Morgan fingerprint density at radius 1 is 1.19 bits per heavy atom. The molecule has 1 fully saturated rings. The summed E-state index contributed by atoms with van der Waals surface area (Å²) in [6.45, 7) is 1.78. The summed E-state index contributed by atoms with van der Waals surface area (Å²) in [5.41, 5.74) is 1.29. The number of hydrogen-bond acceptors (Lipinski definition) is 5. The van der Waals surface area contributed by atoms with Gasteiger partial charge in [-0.15, -0.1) is 0 Å². The SMILES string of the molecule is Cc1ccc(S(=O)(=O)NCC[C@H]2CC[C@@H](NC(=O)Nc3cccc(F)c3)[C@H](CO)O2)cc1. The number of carbonyl (C=O) groups excluding carboxylic acids is 1. The third-order valence-corrected chi connectivity index (χ3v) is 6.76.